The van der Waals surface area contributed by atoms with Crippen molar-refractivity contribution in [3.05, 3.63) is 41.9 Å². The summed E-state index contributed by atoms with van der Waals surface area (Å²) in [6.45, 7) is 0.910. The molecule has 1 aliphatic heterocycles. The summed E-state index contributed by atoms with van der Waals surface area (Å²) in [5, 5.41) is 12.9. The Labute approximate surface area is 121 Å². The van der Waals surface area contributed by atoms with Gasteiger partial charge in [-0.05, 0) is 12.1 Å². The molecule has 3 N–H and O–H groups in total. The van der Waals surface area contributed by atoms with Crippen molar-refractivity contribution in [2.75, 3.05) is 19.0 Å². The van der Waals surface area contributed by atoms with Gasteiger partial charge in [-0.25, -0.2) is 4.98 Å². The van der Waals surface area contributed by atoms with Gasteiger partial charge in [-0.1, -0.05) is 12.1 Å². The minimum Gasteiger partial charge on any atom is -0.377 e. The van der Waals surface area contributed by atoms with E-state index < -0.39 is 0 Å². The molecule has 1 aliphatic rings. The number of nitrogens with zero attached hydrogens (tertiary/aromatic N) is 2. The molecular formula is C14H15N5O2. The number of amides is 1. The number of rotatable bonds is 5. The lowest BCUT2D eigenvalue weighted by atomic mass is 10.2. The van der Waals surface area contributed by atoms with Crippen LogP contribution >= 0.6 is 0 Å². The first kappa shape index (κ1) is 13.3. The van der Waals surface area contributed by atoms with E-state index in [0.717, 1.165) is 16.9 Å². The second kappa shape index (κ2) is 5.76. The molecule has 1 aromatic heterocycles. The van der Waals surface area contributed by atoms with E-state index in [1.165, 1.54) is 0 Å². The smallest absolute Gasteiger partial charge is 0.246 e. The Morgan fingerprint density at radius 1 is 1.43 bits per heavy atom. The van der Waals surface area contributed by atoms with Gasteiger partial charge in [0, 0.05) is 30.1 Å². The predicted molar refractivity (Wildman–Crippen MR) is 77.2 cm³/mol. The minimum atomic E-state index is -0.0770. The summed E-state index contributed by atoms with van der Waals surface area (Å²) in [5.41, 5.74) is 2.61. The minimum absolute atomic E-state index is 0.0770. The largest absolute Gasteiger partial charge is 0.377 e. The number of hydrogen-bond acceptors (Lipinski definition) is 5. The topological polar surface area (TPSA) is 91.9 Å². The van der Waals surface area contributed by atoms with Crippen molar-refractivity contribution in [3.63, 3.8) is 0 Å². The number of carbonyl (C=O) groups is 1. The molecule has 0 atom stereocenters. The Morgan fingerprint density at radius 2 is 2.33 bits per heavy atom. The van der Waals surface area contributed by atoms with Crippen LogP contribution in [0, 0.1) is 0 Å². The zero-order valence-electron chi connectivity index (χ0n) is 11.5. The fraction of sp³-hybridized carbons (Fsp3) is 0.214. The third-order valence-corrected chi connectivity index (χ3v) is 3.00. The summed E-state index contributed by atoms with van der Waals surface area (Å²) in [7, 11) is 1.61. The highest BCUT2D eigenvalue weighted by molar-refractivity contribution is 5.91. The normalized spacial score (nSPS) is 14.0. The monoisotopic (exact) mass is 285 g/mol. The van der Waals surface area contributed by atoms with E-state index in [9.17, 15) is 4.79 Å². The second-order valence-electron chi connectivity index (χ2n) is 4.63. The van der Waals surface area contributed by atoms with E-state index in [1.807, 2.05) is 24.3 Å². The maximum Gasteiger partial charge on any atom is 0.246 e. The van der Waals surface area contributed by atoms with Crippen LogP contribution in [0.4, 0.5) is 5.69 Å². The maximum atomic E-state index is 11.1. The first-order valence-electron chi connectivity index (χ1n) is 6.50. The summed E-state index contributed by atoms with van der Waals surface area (Å²) in [6, 6.07) is 7.70. The number of aromatic amines is 1. The molecule has 2 aromatic rings. The fourth-order valence-electron chi connectivity index (χ4n) is 2.07. The van der Waals surface area contributed by atoms with Gasteiger partial charge in [-0.3, -0.25) is 9.89 Å². The number of H-pyrrole nitrogens is 1. The van der Waals surface area contributed by atoms with Gasteiger partial charge >= 0.3 is 0 Å². The maximum absolute atomic E-state index is 11.1. The molecule has 1 amide bonds. The second-order valence-corrected chi connectivity index (χ2v) is 4.63. The number of ether oxygens (including phenoxy) is 1. The van der Waals surface area contributed by atoms with Crippen LogP contribution in [0.5, 0.6) is 0 Å². The Balaban J connectivity index is 1.79. The average Bonchev–Trinajstić information content (AvgIpc) is 3.09. The highest BCUT2D eigenvalue weighted by Crippen LogP contribution is 2.20. The Kier molecular flexibility index (Phi) is 3.65. The van der Waals surface area contributed by atoms with Crippen molar-refractivity contribution < 1.29 is 9.53 Å². The molecule has 0 radical (unpaired) electrons. The van der Waals surface area contributed by atoms with E-state index >= 15 is 0 Å². The average molecular weight is 285 g/mol. The van der Waals surface area contributed by atoms with Crippen molar-refractivity contribution >= 4 is 11.6 Å². The number of hydrogen-bond donors (Lipinski definition) is 3. The lowest BCUT2D eigenvalue weighted by Crippen LogP contribution is -2.16. The number of anilines is 1. The van der Waals surface area contributed by atoms with E-state index in [4.69, 9.17) is 4.74 Å². The zero-order chi connectivity index (χ0) is 14.7. The van der Waals surface area contributed by atoms with E-state index in [2.05, 4.69) is 25.8 Å². The molecule has 0 aliphatic carbocycles. The van der Waals surface area contributed by atoms with Gasteiger partial charge in [0.05, 0.1) is 6.54 Å². The van der Waals surface area contributed by atoms with Gasteiger partial charge in [0.15, 0.2) is 11.6 Å². The Bertz CT molecular complexity index is 692. The molecule has 0 bridgehead atoms. The summed E-state index contributed by atoms with van der Waals surface area (Å²) < 4.78 is 5.01. The van der Waals surface area contributed by atoms with Crippen molar-refractivity contribution in [2.24, 2.45) is 0 Å². The summed E-state index contributed by atoms with van der Waals surface area (Å²) in [6.07, 6.45) is 1.55. The molecule has 0 fully saturated rings. The van der Waals surface area contributed by atoms with Gasteiger partial charge in [-0.15, -0.1) is 0 Å². The lowest BCUT2D eigenvalue weighted by Gasteiger charge is -2.07. The van der Waals surface area contributed by atoms with Crippen LogP contribution in [0.15, 0.2) is 36.0 Å². The third kappa shape index (κ3) is 3.09. The lowest BCUT2D eigenvalue weighted by molar-refractivity contribution is -0.115. The number of methoxy groups -OCH3 is 1. The first-order valence-corrected chi connectivity index (χ1v) is 6.50. The van der Waals surface area contributed by atoms with Gasteiger partial charge in [0.25, 0.3) is 0 Å². The van der Waals surface area contributed by atoms with Crippen LogP contribution in [-0.4, -0.2) is 34.7 Å². The molecule has 21 heavy (non-hydrogen) atoms. The number of nitrogens with one attached hydrogen (secondary N) is 3. The molecular weight excluding hydrogens is 270 g/mol. The molecule has 0 spiro atoms. The molecule has 0 saturated carbocycles. The molecule has 2 heterocycles. The standard InChI is InChI=1S/C14H15N5O2/c1-21-8-12-17-14(19-18-12)9-3-2-4-10(5-9)16-11-6-13(20)15-7-11/h2-6,16H,7-8H2,1H3,(H,15,20)(H,17,18,19). The number of benzene rings is 1. The van der Waals surface area contributed by atoms with Crippen LogP contribution in [0.2, 0.25) is 0 Å². The van der Waals surface area contributed by atoms with E-state index in [0.29, 0.717) is 24.8 Å². The van der Waals surface area contributed by atoms with Crippen LogP contribution in [0.1, 0.15) is 5.82 Å². The summed E-state index contributed by atoms with van der Waals surface area (Å²) in [5.74, 6) is 1.21. The Morgan fingerprint density at radius 3 is 3.10 bits per heavy atom. The van der Waals surface area contributed by atoms with Crippen molar-refractivity contribution in [1.82, 2.24) is 20.5 Å². The van der Waals surface area contributed by atoms with Crippen LogP contribution in [0.25, 0.3) is 11.4 Å². The Hall–Kier alpha value is -2.67. The predicted octanol–water partition coefficient (Wildman–Crippen LogP) is 1.04. The molecule has 0 saturated heterocycles. The van der Waals surface area contributed by atoms with E-state index in [-0.39, 0.29) is 5.91 Å². The molecule has 7 nitrogen and oxygen atoms in total. The third-order valence-electron chi connectivity index (χ3n) is 3.00. The molecule has 3 rings (SSSR count). The van der Waals surface area contributed by atoms with Gasteiger partial charge in [0.1, 0.15) is 6.61 Å². The first-order chi connectivity index (χ1) is 10.2. The summed E-state index contributed by atoms with van der Waals surface area (Å²) in [4.78, 5) is 15.5. The molecule has 1 aromatic carbocycles. The van der Waals surface area contributed by atoms with Crippen molar-refractivity contribution in [1.29, 1.82) is 0 Å². The van der Waals surface area contributed by atoms with E-state index in [1.54, 1.807) is 13.2 Å². The quantitative estimate of drug-likeness (QED) is 0.763. The van der Waals surface area contributed by atoms with Gasteiger partial charge in [-0.2, -0.15) is 5.10 Å². The number of carbonyl (C=O) groups excluding carboxylic acids is 1. The fourth-order valence-corrected chi connectivity index (χ4v) is 2.07. The highest BCUT2D eigenvalue weighted by atomic mass is 16.5. The van der Waals surface area contributed by atoms with Crippen LogP contribution in [-0.2, 0) is 16.1 Å². The molecule has 108 valence electrons. The highest BCUT2D eigenvalue weighted by Gasteiger charge is 2.11. The van der Waals surface area contributed by atoms with Crippen molar-refractivity contribution in [2.45, 2.75) is 6.61 Å². The number of aromatic nitrogens is 3. The van der Waals surface area contributed by atoms with Gasteiger partial charge in [0.2, 0.25) is 5.91 Å². The zero-order valence-corrected chi connectivity index (χ0v) is 11.5. The van der Waals surface area contributed by atoms with Crippen LogP contribution in [0.3, 0.4) is 0 Å². The molecule has 7 heteroatoms. The van der Waals surface area contributed by atoms with Crippen molar-refractivity contribution in [3.8, 4) is 11.4 Å². The SMILES string of the molecule is COCc1nc(-c2cccc(NC3=CC(=O)NC3)c2)n[nH]1. The van der Waals surface area contributed by atoms with Gasteiger partial charge < -0.3 is 15.4 Å². The van der Waals surface area contributed by atoms with Crippen LogP contribution < -0.4 is 10.6 Å². The molecule has 0 unspecified atom stereocenters. The summed E-state index contributed by atoms with van der Waals surface area (Å²) >= 11 is 0.